The molecule has 0 bridgehead atoms. The van der Waals surface area contributed by atoms with Crippen LogP contribution in [0.4, 0.5) is 5.95 Å². The molecule has 196 valence electrons. The Morgan fingerprint density at radius 3 is 2.85 bits per heavy atom. The van der Waals surface area contributed by atoms with Gasteiger partial charge in [-0.05, 0) is 54.4 Å². The second kappa shape index (κ2) is 10.0. The SMILES string of the molecule is COC1CN(c2nccc(-c3ccc4cnc(CNC(=O)c5ccc6c(c5)[C@](C)(C#N)COC6)cc4n3)n2)C1. The van der Waals surface area contributed by atoms with Gasteiger partial charge in [0.25, 0.3) is 5.91 Å². The van der Waals surface area contributed by atoms with Crippen LogP contribution in [0.5, 0.6) is 0 Å². The van der Waals surface area contributed by atoms with Gasteiger partial charge in [0.2, 0.25) is 5.95 Å². The quantitative estimate of drug-likeness (QED) is 0.407. The lowest BCUT2D eigenvalue weighted by molar-refractivity contribution is 0.0757. The lowest BCUT2D eigenvalue weighted by Crippen LogP contribution is -2.52. The van der Waals surface area contributed by atoms with Crippen LogP contribution in [0.2, 0.25) is 0 Å². The summed E-state index contributed by atoms with van der Waals surface area (Å²) in [7, 11) is 1.71. The van der Waals surface area contributed by atoms with Crippen molar-refractivity contribution in [1.82, 2.24) is 25.3 Å². The highest BCUT2D eigenvalue weighted by atomic mass is 16.5. The number of ether oxygens (including phenoxy) is 2. The Morgan fingerprint density at radius 1 is 1.18 bits per heavy atom. The molecule has 10 heteroatoms. The van der Waals surface area contributed by atoms with Gasteiger partial charge in [-0.15, -0.1) is 0 Å². The maximum Gasteiger partial charge on any atom is 0.251 e. The van der Waals surface area contributed by atoms with Crippen molar-refractivity contribution >= 4 is 22.8 Å². The summed E-state index contributed by atoms with van der Waals surface area (Å²) in [5.74, 6) is 0.425. The summed E-state index contributed by atoms with van der Waals surface area (Å²) in [6.07, 6.45) is 3.70. The zero-order valence-corrected chi connectivity index (χ0v) is 21.7. The zero-order chi connectivity index (χ0) is 27.0. The van der Waals surface area contributed by atoms with Crippen LogP contribution in [-0.4, -0.2) is 58.8 Å². The summed E-state index contributed by atoms with van der Waals surface area (Å²) >= 11 is 0. The number of amides is 1. The average molecular weight is 522 g/mol. The largest absolute Gasteiger partial charge is 0.378 e. The number of nitrogens with zero attached hydrogens (tertiary/aromatic N) is 6. The van der Waals surface area contributed by atoms with Crippen LogP contribution in [0.1, 0.15) is 34.1 Å². The van der Waals surface area contributed by atoms with Crippen LogP contribution < -0.4 is 10.2 Å². The number of aromatic nitrogens is 4. The Bertz CT molecular complexity index is 1610. The topological polar surface area (TPSA) is 126 Å². The third kappa shape index (κ3) is 4.78. The van der Waals surface area contributed by atoms with Gasteiger partial charge in [-0.1, -0.05) is 6.07 Å². The second-order valence-electron chi connectivity index (χ2n) is 10.1. The molecule has 0 unspecified atom stereocenters. The van der Waals surface area contributed by atoms with E-state index in [-0.39, 0.29) is 18.6 Å². The van der Waals surface area contributed by atoms with Crippen molar-refractivity contribution in [1.29, 1.82) is 5.26 Å². The zero-order valence-electron chi connectivity index (χ0n) is 21.7. The monoisotopic (exact) mass is 521 g/mol. The number of carbonyl (C=O) groups is 1. The Balaban J connectivity index is 1.18. The molecule has 1 amide bonds. The number of nitriles is 1. The van der Waals surface area contributed by atoms with E-state index in [4.69, 9.17) is 19.4 Å². The second-order valence-corrected chi connectivity index (χ2v) is 10.1. The first-order valence-corrected chi connectivity index (χ1v) is 12.7. The van der Waals surface area contributed by atoms with Crippen LogP contribution in [0.3, 0.4) is 0 Å². The van der Waals surface area contributed by atoms with Crippen molar-refractivity contribution in [3.8, 4) is 17.5 Å². The maximum absolute atomic E-state index is 13.0. The van der Waals surface area contributed by atoms with E-state index in [9.17, 15) is 10.1 Å². The van der Waals surface area contributed by atoms with Crippen molar-refractivity contribution in [3.05, 3.63) is 77.2 Å². The molecule has 1 atom stereocenters. The van der Waals surface area contributed by atoms with Gasteiger partial charge in [0.15, 0.2) is 0 Å². The van der Waals surface area contributed by atoms with Gasteiger partial charge in [-0.25, -0.2) is 15.0 Å². The van der Waals surface area contributed by atoms with E-state index in [1.807, 2.05) is 37.3 Å². The molecule has 1 saturated heterocycles. The lowest BCUT2D eigenvalue weighted by Gasteiger charge is -2.38. The molecule has 2 aliphatic rings. The van der Waals surface area contributed by atoms with Crippen molar-refractivity contribution in [2.45, 2.75) is 31.6 Å². The third-order valence-corrected chi connectivity index (χ3v) is 7.29. The molecule has 6 rings (SSSR count). The summed E-state index contributed by atoms with van der Waals surface area (Å²) in [6.45, 7) is 4.35. The number of anilines is 1. The molecule has 1 aromatic carbocycles. The summed E-state index contributed by atoms with van der Waals surface area (Å²) in [4.78, 5) is 33.4. The van der Waals surface area contributed by atoms with Gasteiger partial charge in [-0.3, -0.25) is 9.78 Å². The number of pyridine rings is 2. The molecule has 1 N–H and O–H groups in total. The van der Waals surface area contributed by atoms with Crippen LogP contribution in [0, 0.1) is 11.3 Å². The van der Waals surface area contributed by atoms with E-state index in [0.717, 1.165) is 46.5 Å². The number of fused-ring (bicyclic) bond motifs is 2. The number of hydrogen-bond donors (Lipinski definition) is 1. The molecular formula is C29H27N7O3. The standard InChI is InChI=1S/C29H27N7O3/c1-29(16-30)17-39-15-20-4-3-18(9-23(20)29)27(37)33-12-21-10-26-19(11-32-21)5-6-24(34-26)25-7-8-31-28(35-25)36-13-22(14-36)38-2/h3-11,22H,12-15,17H2,1-2H3,(H,33,37)/t29-/m1/s1. The van der Waals surface area contributed by atoms with Gasteiger partial charge in [0.1, 0.15) is 5.41 Å². The number of methoxy groups -OCH3 is 1. The fourth-order valence-electron chi connectivity index (χ4n) is 4.86. The lowest BCUT2D eigenvalue weighted by atomic mass is 9.79. The van der Waals surface area contributed by atoms with Gasteiger partial charge >= 0.3 is 0 Å². The molecule has 0 radical (unpaired) electrons. The Morgan fingerprint density at radius 2 is 2.03 bits per heavy atom. The first-order chi connectivity index (χ1) is 19.0. The number of benzene rings is 1. The number of rotatable bonds is 6. The van der Waals surface area contributed by atoms with Gasteiger partial charge < -0.3 is 19.7 Å². The van der Waals surface area contributed by atoms with Gasteiger partial charge in [-0.2, -0.15) is 5.26 Å². The van der Waals surface area contributed by atoms with Crippen molar-refractivity contribution < 1.29 is 14.3 Å². The minimum absolute atomic E-state index is 0.210. The third-order valence-electron chi connectivity index (χ3n) is 7.29. The van der Waals surface area contributed by atoms with E-state index in [1.54, 1.807) is 31.6 Å². The molecule has 1 fully saturated rings. The van der Waals surface area contributed by atoms with E-state index < -0.39 is 5.41 Å². The highest BCUT2D eigenvalue weighted by molar-refractivity contribution is 5.94. The average Bonchev–Trinajstić information content (AvgIpc) is 2.95. The fraction of sp³-hybridized carbons (Fsp3) is 0.310. The number of nitrogens with one attached hydrogen (secondary N) is 1. The molecule has 5 heterocycles. The summed E-state index contributed by atoms with van der Waals surface area (Å²) < 4.78 is 10.9. The van der Waals surface area contributed by atoms with E-state index in [1.165, 1.54) is 0 Å². The molecule has 3 aromatic heterocycles. The first kappa shape index (κ1) is 24.9. The Hall–Kier alpha value is -4.46. The molecule has 2 aliphatic heterocycles. The van der Waals surface area contributed by atoms with Gasteiger partial charge in [0.05, 0.1) is 54.5 Å². The molecular weight excluding hydrogens is 494 g/mol. The first-order valence-electron chi connectivity index (χ1n) is 12.7. The molecule has 0 spiro atoms. The van der Waals surface area contributed by atoms with E-state index in [0.29, 0.717) is 30.4 Å². The van der Waals surface area contributed by atoms with E-state index >= 15 is 0 Å². The highest BCUT2D eigenvalue weighted by Gasteiger charge is 2.33. The predicted octanol–water partition coefficient (Wildman–Crippen LogP) is 3.16. The molecule has 39 heavy (non-hydrogen) atoms. The van der Waals surface area contributed by atoms with Crippen LogP contribution in [0.15, 0.2) is 54.9 Å². The molecule has 0 aliphatic carbocycles. The van der Waals surface area contributed by atoms with E-state index in [2.05, 4.69) is 26.3 Å². The number of carbonyl (C=O) groups excluding carboxylic acids is 1. The summed E-state index contributed by atoms with van der Waals surface area (Å²) in [5.41, 5.74) is 4.39. The molecule has 4 aromatic rings. The van der Waals surface area contributed by atoms with Crippen molar-refractivity contribution in [2.75, 3.05) is 31.7 Å². The normalized spacial score (nSPS) is 18.7. The number of hydrogen-bond acceptors (Lipinski definition) is 9. The predicted molar refractivity (Wildman–Crippen MR) is 144 cm³/mol. The Kier molecular flexibility index (Phi) is 6.38. The van der Waals surface area contributed by atoms with Crippen molar-refractivity contribution in [3.63, 3.8) is 0 Å². The minimum Gasteiger partial charge on any atom is -0.378 e. The maximum atomic E-state index is 13.0. The van der Waals surface area contributed by atoms with Crippen LogP contribution in [0.25, 0.3) is 22.3 Å². The van der Waals surface area contributed by atoms with Crippen LogP contribution in [-0.2, 0) is 28.0 Å². The minimum atomic E-state index is -0.779. The summed E-state index contributed by atoms with van der Waals surface area (Å²) in [6, 6.07) is 15.3. The van der Waals surface area contributed by atoms with Gasteiger partial charge in [0, 0.05) is 43.5 Å². The van der Waals surface area contributed by atoms with Crippen molar-refractivity contribution in [2.24, 2.45) is 0 Å². The molecule has 10 nitrogen and oxygen atoms in total. The highest BCUT2D eigenvalue weighted by Crippen LogP contribution is 2.32. The van der Waals surface area contributed by atoms with Crippen LogP contribution >= 0.6 is 0 Å². The Labute approximate surface area is 225 Å². The fourth-order valence-corrected chi connectivity index (χ4v) is 4.86. The smallest absolute Gasteiger partial charge is 0.251 e. The summed E-state index contributed by atoms with van der Waals surface area (Å²) in [5, 5.41) is 13.5. The molecule has 0 saturated carbocycles.